The highest BCUT2D eigenvalue weighted by Gasteiger charge is 2.41. The average Bonchev–Trinajstić information content (AvgIpc) is 2.64. The quantitative estimate of drug-likeness (QED) is 0.745. The molecular formula is C22H35N3O. The van der Waals surface area contributed by atoms with E-state index in [0.29, 0.717) is 11.3 Å². The van der Waals surface area contributed by atoms with Crippen molar-refractivity contribution < 1.29 is 4.79 Å². The van der Waals surface area contributed by atoms with E-state index in [1.165, 1.54) is 45.3 Å². The van der Waals surface area contributed by atoms with Crippen LogP contribution < -0.4 is 0 Å². The van der Waals surface area contributed by atoms with Gasteiger partial charge in [0.05, 0.1) is 0 Å². The van der Waals surface area contributed by atoms with Gasteiger partial charge < -0.3 is 9.80 Å². The van der Waals surface area contributed by atoms with Gasteiger partial charge in [0.25, 0.3) is 0 Å². The summed E-state index contributed by atoms with van der Waals surface area (Å²) < 4.78 is 0. The van der Waals surface area contributed by atoms with Crippen molar-refractivity contribution in [3.05, 3.63) is 30.1 Å². The van der Waals surface area contributed by atoms with Crippen molar-refractivity contribution in [2.45, 2.75) is 58.8 Å². The zero-order valence-electron chi connectivity index (χ0n) is 16.6. The van der Waals surface area contributed by atoms with Crippen LogP contribution in [0.3, 0.4) is 0 Å². The predicted octanol–water partition coefficient (Wildman–Crippen LogP) is 3.76. The third-order valence-electron chi connectivity index (χ3n) is 6.11. The topological polar surface area (TPSA) is 36.4 Å². The monoisotopic (exact) mass is 357 g/mol. The van der Waals surface area contributed by atoms with Gasteiger partial charge in [0, 0.05) is 49.8 Å². The molecule has 0 unspecified atom stereocenters. The van der Waals surface area contributed by atoms with Crippen LogP contribution in [0, 0.1) is 11.3 Å². The van der Waals surface area contributed by atoms with Crippen LogP contribution in [0.2, 0.25) is 0 Å². The van der Waals surface area contributed by atoms with Gasteiger partial charge in [-0.1, -0.05) is 19.9 Å². The van der Waals surface area contributed by atoms with Crippen molar-refractivity contribution in [2.24, 2.45) is 11.3 Å². The number of amides is 1. The second-order valence-corrected chi connectivity index (χ2v) is 8.80. The summed E-state index contributed by atoms with van der Waals surface area (Å²) in [5, 5.41) is 0. The van der Waals surface area contributed by atoms with E-state index in [-0.39, 0.29) is 0 Å². The van der Waals surface area contributed by atoms with Gasteiger partial charge in [0.15, 0.2) is 0 Å². The summed E-state index contributed by atoms with van der Waals surface area (Å²) in [6, 6.07) is 6.03. The summed E-state index contributed by atoms with van der Waals surface area (Å²) in [7, 11) is 0. The summed E-state index contributed by atoms with van der Waals surface area (Å²) in [6.45, 7) is 10.0. The molecule has 1 aromatic rings. The molecule has 0 aliphatic carbocycles. The van der Waals surface area contributed by atoms with Gasteiger partial charge in [-0.05, 0) is 63.2 Å². The summed E-state index contributed by atoms with van der Waals surface area (Å²) in [5.74, 6) is 1.13. The molecule has 0 N–H and O–H groups in total. The molecule has 1 amide bonds. The highest BCUT2D eigenvalue weighted by atomic mass is 16.2. The number of carbonyl (C=O) groups excluding carboxylic acids is 1. The van der Waals surface area contributed by atoms with E-state index in [4.69, 9.17) is 0 Å². The lowest BCUT2D eigenvalue weighted by atomic mass is 9.73. The first-order valence-corrected chi connectivity index (χ1v) is 10.5. The average molecular weight is 358 g/mol. The number of piperidine rings is 2. The number of hydrogen-bond acceptors (Lipinski definition) is 3. The molecular weight excluding hydrogens is 322 g/mol. The number of carbonyl (C=O) groups is 1. The number of nitrogens with zero attached hydrogens (tertiary/aromatic N) is 3. The summed E-state index contributed by atoms with van der Waals surface area (Å²) >= 11 is 0. The molecule has 1 spiro atoms. The molecule has 3 rings (SSSR count). The Bertz CT molecular complexity index is 574. The number of aromatic nitrogens is 1. The minimum absolute atomic E-state index is 0.327. The molecule has 4 heteroatoms. The Kier molecular flexibility index (Phi) is 6.68. The molecule has 0 aromatic carbocycles. The Morgan fingerprint density at radius 3 is 2.85 bits per heavy atom. The van der Waals surface area contributed by atoms with Crippen molar-refractivity contribution in [3.8, 4) is 0 Å². The lowest BCUT2D eigenvalue weighted by Gasteiger charge is -2.48. The van der Waals surface area contributed by atoms with E-state index in [9.17, 15) is 4.79 Å². The van der Waals surface area contributed by atoms with Crippen LogP contribution >= 0.6 is 0 Å². The van der Waals surface area contributed by atoms with E-state index in [0.717, 1.165) is 44.0 Å². The number of rotatable bonds is 7. The fourth-order valence-corrected chi connectivity index (χ4v) is 4.66. The van der Waals surface area contributed by atoms with Gasteiger partial charge in [0.1, 0.15) is 0 Å². The molecule has 144 valence electrons. The van der Waals surface area contributed by atoms with Crippen LogP contribution in [-0.2, 0) is 11.2 Å². The van der Waals surface area contributed by atoms with E-state index in [2.05, 4.69) is 34.7 Å². The van der Waals surface area contributed by atoms with Crippen molar-refractivity contribution in [1.29, 1.82) is 0 Å². The minimum Gasteiger partial charge on any atom is -0.342 e. The van der Waals surface area contributed by atoms with Crippen molar-refractivity contribution >= 4 is 5.91 Å². The molecule has 2 saturated heterocycles. The van der Waals surface area contributed by atoms with Gasteiger partial charge in [-0.3, -0.25) is 9.78 Å². The number of pyridine rings is 1. The summed E-state index contributed by atoms with van der Waals surface area (Å²) in [5.41, 5.74) is 1.41. The lowest BCUT2D eigenvalue weighted by molar-refractivity contribution is -0.139. The second-order valence-electron chi connectivity index (χ2n) is 8.80. The largest absolute Gasteiger partial charge is 0.342 e. The Balaban J connectivity index is 1.54. The first kappa shape index (κ1) is 19.3. The minimum atomic E-state index is 0.327. The maximum absolute atomic E-state index is 12.5. The first-order chi connectivity index (χ1) is 12.6. The maximum atomic E-state index is 12.5. The molecule has 1 atom stereocenters. The first-order valence-electron chi connectivity index (χ1n) is 10.5. The van der Waals surface area contributed by atoms with E-state index < -0.39 is 0 Å². The SMILES string of the molecule is CC(C)CCCN1CCC[C@]2(CCC(=O)N(CCc3ccccn3)C2)C1. The van der Waals surface area contributed by atoms with Crippen LogP contribution in [-0.4, -0.2) is 53.4 Å². The fraction of sp³-hybridized carbons (Fsp3) is 0.727. The molecule has 4 nitrogen and oxygen atoms in total. The zero-order chi connectivity index (χ0) is 18.4. The highest BCUT2D eigenvalue weighted by Crippen LogP contribution is 2.39. The van der Waals surface area contributed by atoms with Crippen molar-refractivity contribution in [1.82, 2.24) is 14.8 Å². The summed E-state index contributed by atoms with van der Waals surface area (Å²) in [4.78, 5) is 21.7. The normalized spacial score (nSPS) is 24.6. The van der Waals surface area contributed by atoms with Crippen LogP contribution in [0.4, 0.5) is 0 Å². The number of likely N-dealkylation sites (tertiary alicyclic amines) is 2. The molecule has 2 fully saturated rings. The van der Waals surface area contributed by atoms with E-state index in [1.54, 1.807) is 0 Å². The Morgan fingerprint density at radius 2 is 2.08 bits per heavy atom. The Labute approximate surface area is 159 Å². The standard InChI is InChI=1S/C22H35N3O/c1-19(2)7-5-14-24-15-6-11-22(17-24)12-9-21(26)25(18-22)16-10-20-8-3-4-13-23-20/h3-4,8,13,19H,5-7,9-12,14-18H2,1-2H3/t22-/m0/s1. The third kappa shape index (κ3) is 5.29. The Hall–Kier alpha value is -1.42. The van der Waals surface area contributed by atoms with Crippen LogP contribution in [0.25, 0.3) is 0 Å². The zero-order valence-corrected chi connectivity index (χ0v) is 16.6. The molecule has 1 aromatic heterocycles. The third-order valence-corrected chi connectivity index (χ3v) is 6.11. The lowest BCUT2D eigenvalue weighted by Crippen LogP contribution is -2.54. The van der Waals surface area contributed by atoms with Gasteiger partial charge in [-0.15, -0.1) is 0 Å². The summed E-state index contributed by atoms with van der Waals surface area (Å²) in [6.07, 6.45) is 9.68. The van der Waals surface area contributed by atoms with Gasteiger partial charge in [-0.25, -0.2) is 0 Å². The fourth-order valence-electron chi connectivity index (χ4n) is 4.66. The van der Waals surface area contributed by atoms with Gasteiger partial charge in [0.2, 0.25) is 5.91 Å². The molecule has 0 bridgehead atoms. The predicted molar refractivity (Wildman–Crippen MR) is 106 cm³/mol. The smallest absolute Gasteiger partial charge is 0.222 e. The molecule has 2 aliphatic heterocycles. The number of hydrogen-bond donors (Lipinski definition) is 0. The van der Waals surface area contributed by atoms with Crippen LogP contribution in [0.15, 0.2) is 24.4 Å². The molecule has 0 radical (unpaired) electrons. The maximum Gasteiger partial charge on any atom is 0.222 e. The van der Waals surface area contributed by atoms with Crippen LogP contribution in [0.1, 0.15) is 58.1 Å². The van der Waals surface area contributed by atoms with Gasteiger partial charge in [-0.2, -0.15) is 0 Å². The van der Waals surface area contributed by atoms with E-state index >= 15 is 0 Å². The van der Waals surface area contributed by atoms with Crippen molar-refractivity contribution in [2.75, 3.05) is 32.7 Å². The molecule has 0 saturated carbocycles. The van der Waals surface area contributed by atoms with E-state index in [1.807, 2.05) is 18.3 Å². The molecule has 3 heterocycles. The van der Waals surface area contributed by atoms with Gasteiger partial charge >= 0.3 is 0 Å². The van der Waals surface area contributed by atoms with Crippen LogP contribution in [0.5, 0.6) is 0 Å². The Morgan fingerprint density at radius 1 is 1.19 bits per heavy atom. The van der Waals surface area contributed by atoms with Crippen molar-refractivity contribution in [3.63, 3.8) is 0 Å². The highest BCUT2D eigenvalue weighted by molar-refractivity contribution is 5.77. The molecule has 26 heavy (non-hydrogen) atoms. The second kappa shape index (κ2) is 8.98. The molecule has 2 aliphatic rings.